The average Bonchev–Trinajstić information content (AvgIpc) is 2.55. The molecule has 1 rings (SSSR count). The lowest BCUT2D eigenvalue weighted by Crippen LogP contribution is -2.49. The molecule has 0 aliphatic heterocycles. The smallest absolute Gasteiger partial charge is 0.237 e. The van der Waals surface area contributed by atoms with E-state index in [1.54, 1.807) is 11.3 Å². The first-order chi connectivity index (χ1) is 8.12. The van der Waals surface area contributed by atoms with Crippen molar-refractivity contribution in [1.29, 1.82) is 0 Å². The van der Waals surface area contributed by atoms with Crippen LogP contribution >= 0.6 is 11.3 Å². The van der Waals surface area contributed by atoms with Crippen molar-refractivity contribution in [3.63, 3.8) is 0 Å². The molecule has 0 saturated carbocycles. The average molecular weight is 268 g/mol. The van der Waals surface area contributed by atoms with Gasteiger partial charge in [-0.25, -0.2) is 0 Å². The maximum atomic E-state index is 12.1. The summed E-state index contributed by atoms with van der Waals surface area (Å²) in [5, 5.41) is 3.00. The monoisotopic (exact) mass is 268 g/mol. The van der Waals surface area contributed by atoms with E-state index < -0.39 is 6.04 Å². The van der Waals surface area contributed by atoms with Crippen LogP contribution in [0.4, 0.5) is 0 Å². The molecule has 102 valence electrons. The van der Waals surface area contributed by atoms with Gasteiger partial charge in [-0.2, -0.15) is 0 Å². The summed E-state index contributed by atoms with van der Waals surface area (Å²) < 4.78 is 0. The molecule has 0 fully saturated rings. The first-order valence-corrected chi connectivity index (χ1v) is 7.07. The molecule has 1 heterocycles. The van der Waals surface area contributed by atoms with E-state index in [1.165, 1.54) is 15.3 Å². The Morgan fingerprint density at radius 1 is 1.39 bits per heavy atom. The Balaban J connectivity index is 2.74. The second-order valence-corrected chi connectivity index (χ2v) is 7.40. The second-order valence-electron chi connectivity index (χ2n) is 5.94. The highest BCUT2D eigenvalue weighted by Crippen LogP contribution is 2.26. The highest BCUT2D eigenvalue weighted by molar-refractivity contribution is 7.12. The zero-order chi connectivity index (χ0) is 14.1. The Bertz CT molecular complexity index is 431. The number of thiophene rings is 1. The van der Waals surface area contributed by atoms with E-state index in [-0.39, 0.29) is 17.4 Å². The minimum atomic E-state index is -0.486. The number of hydrogen-bond donors (Lipinski definition) is 2. The number of amides is 1. The molecule has 0 aliphatic carbocycles. The Labute approximate surface area is 114 Å². The van der Waals surface area contributed by atoms with Crippen LogP contribution in [0, 0.1) is 19.3 Å². The van der Waals surface area contributed by atoms with E-state index in [2.05, 4.69) is 25.2 Å². The number of aryl methyl sites for hydroxylation is 2. The van der Waals surface area contributed by atoms with Crippen molar-refractivity contribution in [3.05, 3.63) is 21.4 Å². The van der Waals surface area contributed by atoms with Crippen LogP contribution in [-0.4, -0.2) is 11.9 Å². The SMILES string of the molecule is Cc1cc(C(C)NC(=O)[C@@H](N)C(C)(C)C)c(C)s1. The van der Waals surface area contributed by atoms with Gasteiger partial charge in [0.15, 0.2) is 0 Å². The van der Waals surface area contributed by atoms with E-state index in [4.69, 9.17) is 5.73 Å². The van der Waals surface area contributed by atoms with Gasteiger partial charge in [0, 0.05) is 9.75 Å². The molecular formula is C14H24N2OS. The number of nitrogens with two attached hydrogens (primary N) is 1. The summed E-state index contributed by atoms with van der Waals surface area (Å²) in [5.41, 5.74) is 6.92. The van der Waals surface area contributed by atoms with Crippen LogP contribution in [0.15, 0.2) is 6.07 Å². The van der Waals surface area contributed by atoms with Gasteiger partial charge in [-0.15, -0.1) is 11.3 Å². The van der Waals surface area contributed by atoms with Gasteiger partial charge in [0.2, 0.25) is 5.91 Å². The standard InChI is InChI=1S/C14H24N2OS/c1-8-7-11(10(3)18-8)9(2)16-13(17)12(15)14(4,5)6/h7,9,12H,15H2,1-6H3,(H,16,17)/t9?,12-/m1/s1. The fourth-order valence-corrected chi connectivity index (χ4v) is 2.88. The third kappa shape index (κ3) is 3.56. The minimum Gasteiger partial charge on any atom is -0.348 e. The zero-order valence-electron chi connectivity index (χ0n) is 12.1. The molecule has 3 N–H and O–H groups in total. The molecular weight excluding hydrogens is 244 g/mol. The van der Waals surface area contributed by atoms with Gasteiger partial charge in [-0.3, -0.25) is 4.79 Å². The van der Waals surface area contributed by atoms with Crippen LogP contribution in [0.3, 0.4) is 0 Å². The number of nitrogens with one attached hydrogen (secondary N) is 1. The maximum absolute atomic E-state index is 12.1. The summed E-state index contributed by atoms with van der Waals surface area (Å²) in [6, 6.07) is 1.66. The Morgan fingerprint density at radius 3 is 2.33 bits per heavy atom. The van der Waals surface area contributed by atoms with Gasteiger partial charge in [0.05, 0.1) is 12.1 Å². The van der Waals surface area contributed by atoms with Crippen LogP contribution < -0.4 is 11.1 Å². The lowest BCUT2D eigenvalue weighted by Gasteiger charge is -2.27. The van der Waals surface area contributed by atoms with Crippen molar-refractivity contribution in [2.45, 2.75) is 53.6 Å². The van der Waals surface area contributed by atoms with Gasteiger partial charge in [-0.05, 0) is 37.8 Å². The van der Waals surface area contributed by atoms with E-state index >= 15 is 0 Å². The molecule has 1 unspecified atom stereocenters. The molecule has 0 radical (unpaired) electrons. The fraction of sp³-hybridized carbons (Fsp3) is 0.643. The van der Waals surface area contributed by atoms with Crippen LogP contribution in [0.1, 0.15) is 49.1 Å². The van der Waals surface area contributed by atoms with E-state index in [0.717, 1.165) is 0 Å². The summed E-state index contributed by atoms with van der Waals surface area (Å²) in [6.07, 6.45) is 0. The third-order valence-electron chi connectivity index (χ3n) is 3.12. The summed E-state index contributed by atoms with van der Waals surface area (Å²) in [4.78, 5) is 14.6. The number of hydrogen-bond acceptors (Lipinski definition) is 3. The van der Waals surface area contributed by atoms with Gasteiger partial charge >= 0.3 is 0 Å². The summed E-state index contributed by atoms with van der Waals surface area (Å²) in [6.45, 7) is 12.1. The van der Waals surface area contributed by atoms with Crippen molar-refractivity contribution in [3.8, 4) is 0 Å². The summed E-state index contributed by atoms with van der Waals surface area (Å²) in [7, 11) is 0. The number of rotatable bonds is 3. The predicted octanol–water partition coefficient (Wildman–Crippen LogP) is 2.92. The topological polar surface area (TPSA) is 55.1 Å². The first-order valence-electron chi connectivity index (χ1n) is 6.26. The van der Waals surface area contributed by atoms with Crippen molar-refractivity contribution < 1.29 is 4.79 Å². The zero-order valence-corrected chi connectivity index (χ0v) is 12.9. The normalized spacial score (nSPS) is 15.3. The summed E-state index contributed by atoms with van der Waals surface area (Å²) >= 11 is 1.76. The van der Waals surface area contributed by atoms with Crippen molar-refractivity contribution in [2.24, 2.45) is 11.1 Å². The van der Waals surface area contributed by atoms with Gasteiger partial charge < -0.3 is 11.1 Å². The van der Waals surface area contributed by atoms with Crippen LogP contribution in [0.25, 0.3) is 0 Å². The first kappa shape index (κ1) is 15.2. The minimum absolute atomic E-state index is 0.0100. The molecule has 2 atom stereocenters. The molecule has 0 spiro atoms. The highest BCUT2D eigenvalue weighted by Gasteiger charge is 2.28. The molecule has 1 aromatic heterocycles. The summed E-state index contributed by atoms with van der Waals surface area (Å²) in [5.74, 6) is -0.0850. The second kappa shape index (κ2) is 5.41. The molecule has 0 bridgehead atoms. The largest absolute Gasteiger partial charge is 0.348 e. The predicted molar refractivity (Wildman–Crippen MR) is 77.8 cm³/mol. The van der Waals surface area contributed by atoms with E-state index in [0.29, 0.717) is 0 Å². The van der Waals surface area contributed by atoms with Gasteiger partial charge in [0.1, 0.15) is 0 Å². The lowest BCUT2D eigenvalue weighted by atomic mass is 9.86. The maximum Gasteiger partial charge on any atom is 0.237 e. The fourth-order valence-electron chi connectivity index (χ4n) is 1.85. The van der Waals surface area contributed by atoms with Crippen LogP contribution in [-0.2, 0) is 4.79 Å². The Morgan fingerprint density at radius 2 is 1.94 bits per heavy atom. The van der Waals surface area contributed by atoms with Gasteiger partial charge in [0.25, 0.3) is 0 Å². The Hall–Kier alpha value is -0.870. The van der Waals surface area contributed by atoms with E-state index in [1.807, 2.05) is 27.7 Å². The molecule has 1 aromatic rings. The van der Waals surface area contributed by atoms with Crippen LogP contribution in [0.2, 0.25) is 0 Å². The Kier molecular flexibility index (Phi) is 4.56. The van der Waals surface area contributed by atoms with Crippen LogP contribution in [0.5, 0.6) is 0 Å². The highest BCUT2D eigenvalue weighted by atomic mass is 32.1. The molecule has 0 aliphatic rings. The number of carbonyl (C=O) groups is 1. The molecule has 0 aromatic carbocycles. The van der Waals surface area contributed by atoms with E-state index in [9.17, 15) is 4.79 Å². The van der Waals surface area contributed by atoms with Crippen molar-refractivity contribution in [2.75, 3.05) is 0 Å². The quantitative estimate of drug-likeness (QED) is 0.885. The van der Waals surface area contributed by atoms with Gasteiger partial charge in [-0.1, -0.05) is 20.8 Å². The number of carbonyl (C=O) groups excluding carboxylic acids is 1. The third-order valence-corrected chi connectivity index (χ3v) is 4.10. The van der Waals surface area contributed by atoms with Crippen molar-refractivity contribution in [1.82, 2.24) is 5.32 Å². The lowest BCUT2D eigenvalue weighted by molar-refractivity contribution is -0.125. The molecule has 3 nitrogen and oxygen atoms in total. The molecule has 18 heavy (non-hydrogen) atoms. The van der Waals surface area contributed by atoms with Crippen molar-refractivity contribution >= 4 is 17.2 Å². The molecule has 0 saturated heterocycles. The molecule has 4 heteroatoms. The molecule has 1 amide bonds.